The highest BCUT2D eigenvalue weighted by atomic mass is 15.3. The van der Waals surface area contributed by atoms with E-state index in [2.05, 4.69) is 41.9 Å². The number of rotatable bonds is 6. The fraction of sp³-hybridized carbons (Fsp3) is 0.833. The second-order valence-corrected chi connectivity index (χ2v) is 7.94. The number of nitrogens with one attached hydrogen (secondary N) is 1. The number of hydrogen-bond acceptors (Lipinski definition) is 2. The molecule has 2 saturated carbocycles. The Hall–Kier alpha value is -0.830. The molecule has 2 aliphatic carbocycles. The van der Waals surface area contributed by atoms with Crippen LogP contribution in [0.5, 0.6) is 0 Å². The van der Waals surface area contributed by atoms with Crippen LogP contribution in [-0.4, -0.2) is 22.4 Å². The quantitative estimate of drug-likeness (QED) is 0.859. The van der Waals surface area contributed by atoms with Crippen LogP contribution in [0.25, 0.3) is 0 Å². The van der Waals surface area contributed by atoms with Gasteiger partial charge in [0, 0.05) is 30.4 Å². The molecule has 0 bridgehead atoms. The van der Waals surface area contributed by atoms with E-state index in [-0.39, 0.29) is 0 Å². The summed E-state index contributed by atoms with van der Waals surface area (Å²) in [5, 5.41) is 8.33. The van der Waals surface area contributed by atoms with Crippen LogP contribution in [0.4, 0.5) is 0 Å². The monoisotopic (exact) mass is 289 g/mol. The molecule has 3 heteroatoms. The van der Waals surface area contributed by atoms with Gasteiger partial charge in [0.15, 0.2) is 0 Å². The van der Waals surface area contributed by atoms with Gasteiger partial charge < -0.3 is 5.32 Å². The molecule has 0 saturated heterocycles. The van der Waals surface area contributed by atoms with E-state index in [1.807, 2.05) is 6.20 Å². The van der Waals surface area contributed by atoms with Crippen molar-refractivity contribution in [2.45, 2.75) is 77.8 Å². The molecule has 2 aliphatic rings. The summed E-state index contributed by atoms with van der Waals surface area (Å²) < 4.78 is 2.26. The average molecular weight is 289 g/mol. The molecular weight excluding hydrogens is 258 g/mol. The predicted octanol–water partition coefficient (Wildman–Crippen LogP) is 3.96. The third-order valence-corrected chi connectivity index (χ3v) is 5.34. The molecule has 0 aliphatic heterocycles. The Balaban J connectivity index is 1.76. The summed E-state index contributed by atoms with van der Waals surface area (Å²) in [5.41, 5.74) is 1.95. The van der Waals surface area contributed by atoms with Gasteiger partial charge in [-0.05, 0) is 62.5 Å². The van der Waals surface area contributed by atoms with Gasteiger partial charge in [0.2, 0.25) is 0 Å². The summed E-state index contributed by atoms with van der Waals surface area (Å²) in [6, 6.07) is 3.09. The van der Waals surface area contributed by atoms with E-state index in [9.17, 15) is 0 Å². The minimum Gasteiger partial charge on any atom is -0.314 e. The lowest BCUT2D eigenvalue weighted by Crippen LogP contribution is -2.36. The van der Waals surface area contributed by atoms with Crippen LogP contribution >= 0.6 is 0 Å². The second-order valence-electron chi connectivity index (χ2n) is 7.94. The van der Waals surface area contributed by atoms with Gasteiger partial charge in [0.05, 0.1) is 0 Å². The molecule has 1 aromatic heterocycles. The van der Waals surface area contributed by atoms with Crippen molar-refractivity contribution in [1.82, 2.24) is 15.1 Å². The molecule has 0 spiro atoms. The molecule has 1 aromatic rings. The number of aromatic nitrogens is 2. The number of nitrogens with zero attached hydrogens (tertiary/aromatic N) is 2. The Bertz CT molecular complexity index is 457. The maximum atomic E-state index is 4.57. The van der Waals surface area contributed by atoms with Gasteiger partial charge in [-0.25, -0.2) is 0 Å². The van der Waals surface area contributed by atoms with Crippen molar-refractivity contribution in [2.24, 2.45) is 11.3 Å². The van der Waals surface area contributed by atoms with Gasteiger partial charge in [0.1, 0.15) is 0 Å². The van der Waals surface area contributed by atoms with Crippen LogP contribution in [0.3, 0.4) is 0 Å². The first-order chi connectivity index (χ1) is 10.1. The topological polar surface area (TPSA) is 29.9 Å². The van der Waals surface area contributed by atoms with Crippen LogP contribution in [0.15, 0.2) is 12.3 Å². The zero-order chi connectivity index (χ0) is 14.9. The van der Waals surface area contributed by atoms with Crippen molar-refractivity contribution < 1.29 is 0 Å². The van der Waals surface area contributed by atoms with Crippen molar-refractivity contribution in [3.8, 4) is 0 Å². The highest BCUT2D eigenvalue weighted by Crippen LogP contribution is 2.46. The Labute approximate surface area is 129 Å². The van der Waals surface area contributed by atoms with Crippen molar-refractivity contribution >= 4 is 0 Å². The Morgan fingerprint density at radius 2 is 2.14 bits per heavy atom. The molecule has 0 amide bonds. The van der Waals surface area contributed by atoms with Crippen LogP contribution in [-0.2, 0) is 6.54 Å². The molecule has 118 valence electrons. The van der Waals surface area contributed by atoms with E-state index in [0.29, 0.717) is 11.3 Å². The first kappa shape index (κ1) is 15.1. The Morgan fingerprint density at radius 3 is 2.86 bits per heavy atom. The van der Waals surface area contributed by atoms with Crippen LogP contribution in [0.2, 0.25) is 0 Å². The third-order valence-electron chi connectivity index (χ3n) is 5.34. The second kappa shape index (κ2) is 6.12. The van der Waals surface area contributed by atoms with E-state index >= 15 is 0 Å². The van der Waals surface area contributed by atoms with Gasteiger partial charge in [-0.3, -0.25) is 4.68 Å². The zero-order valence-electron chi connectivity index (χ0n) is 13.9. The summed E-state index contributed by atoms with van der Waals surface area (Å²) in [7, 11) is 0. The summed E-state index contributed by atoms with van der Waals surface area (Å²) in [4.78, 5) is 0. The van der Waals surface area contributed by atoms with E-state index in [4.69, 9.17) is 0 Å². The minimum atomic E-state index is 0.474. The van der Waals surface area contributed by atoms with Gasteiger partial charge in [-0.15, -0.1) is 0 Å². The van der Waals surface area contributed by atoms with Crippen molar-refractivity contribution in [3.05, 3.63) is 18.0 Å². The molecule has 1 N–H and O–H groups in total. The van der Waals surface area contributed by atoms with Gasteiger partial charge in [0.25, 0.3) is 0 Å². The molecule has 2 fully saturated rings. The fourth-order valence-electron chi connectivity index (χ4n) is 3.89. The smallest absolute Gasteiger partial charge is 0.0492 e. The van der Waals surface area contributed by atoms with Crippen LogP contribution in [0.1, 0.15) is 70.9 Å². The molecule has 0 radical (unpaired) electrons. The molecule has 21 heavy (non-hydrogen) atoms. The largest absolute Gasteiger partial charge is 0.314 e. The summed E-state index contributed by atoms with van der Waals surface area (Å²) >= 11 is 0. The Kier molecular flexibility index (Phi) is 4.39. The van der Waals surface area contributed by atoms with Crippen LogP contribution < -0.4 is 5.32 Å². The van der Waals surface area contributed by atoms with Crippen molar-refractivity contribution in [2.75, 3.05) is 6.54 Å². The molecule has 2 atom stereocenters. The molecular formula is C18H31N3. The lowest BCUT2D eigenvalue weighted by atomic mass is 9.66. The maximum absolute atomic E-state index is 4.57. The highest BCUT2D eigenvalue weighted by molar-refractivity contribution is 5.13. The molecule has 1 heterocycles. The maximum Gasteiger partial charge on any atom is 0.0492 e. The molecule has 0 aromatic carbocycles. The lowest BCUT2D eigenvalue weighted by Gasteiger charge is -2.41. The van der Waals surface area contributed by atoms with E-state index in [0.717, 1.165) is 24.9 Å². The SMILES string of the molecule is CCCn1nccc1C1CC(C)(C)CCC1CNC1CC1. The van der Waals surface area contributed by atoms with Gasteiger partial charge in [-0.2, -0.15) is 5.10 Å². The standard InChI is InChI=1S/C18H31N3/c1-4-11-21-17(8-10-20-21)16-12-18(2,3)9-7-14(16)13-19-15-5-6-15/h8,10,14-16,19H,4-7,9,11-13H2,1-3H3. The molecule has 2 unspecified atom stereocenters. The average Bonchev–Trinajstić information content (AvgIpc) is 3.15. The zero-order valence-corrected chi connectivity index (χ0v) is 13.9. The predicted molar refractivity (Wildman–Crippen MR) is 87.4 cm³/mol. The van der Waals surface area contributed by atoms with Gasteiger partial charge >= 0.3 is 0 Å². The minimum absolute atomic E-state index is 0.474. The third kappa shape index (κ3) is 3.68. The lowest BCUT2D eigenvalue weighted by molar-refractivity contribution is 0.154. The van der Waals surface area contributed by atoms with Crippen molar-refractivity contribution in [3.63, 3.8) is 0 Å². The van der Waals surface area contributed by atoms with E-state index in [1.54, 1.807) is 0 Å². The van der Waals surface area contributed by atoms with Crippen LogP contribution in [0, 0.1) is 11.3 Å². The summed E-state index contributed by atoms with van der Waals surface area (Å²) in [6.45, 7) is 9.36. The highest BCUT2D eigenvalue weighted by Gasteiger charge is 2.37. The summed E-state index contributed by atoms with van der Waals surface area (Å²) in [5.74, 6) is 1.46. The number of aryl methyl sites for hydroxylation is 1. The number of hydrogen-bond donors (Lipinski definition) is 1. The normalized spacial score (nSPS) is 28.7. The van der Waals surface area contributed by atoms with Crippen molar-refractivity contribution in [1.29, 1.82) is 0 Å². The van der Waals surface area contributed by atoms with E-state index in [1.165, 1.54) is 44.3 Å². The van der Waals surface area contributed by atoms with E-state index < -0.39 is 0 Å². The Morgan fingerprint density at radius 1 is 1.33 bits per heavy atom. The first-order valence-corrected chi connectivity index (χ1v) is 8.84. The van der Waals surface area contributed by atoms with Gasteiger partial charge in [-0.1, -0.05) is 20.8 Å². The molecule has 3 rings (SSSR count). The summed E-state index contributed by atoms with van der Waals surface area (Å²) in [6.07, 6.45) is 9.96. The fourth-order valence-corrected chi connectivity index (χ4v) is 3.89. The molecule has 3 nitrogen and oxygen atoms in total. The first-order valence-electron chi connectivity index (χ1n) is 8.84.